The predicted molar refractivity (Wildman–Crippen MR) is 107 cm³/mol. The van der Waals surface area contributed by atoms with Crippen LogP contribution < -0.4 is 5.32 Å². The number of carbonyl (C=O) groups is 2. The van der Waals surface area contributed by atoms with Crippen LogP contribution in [0.15, 0.2) is 42.7 Å². The lowest BCUT2D eigenvalue weighted by molar-refractivity contribution is -0.140. The van der Waals surface area contributed by atoms with Crippen molar-refractivity contribution in [1.29, 1.82) is 0 Å². The second-order valence-corrected chi connectivity index (χ2v) is 8.14. The number of benzene rings is 1. The van der Waals surface area contributed by atoms with Crippen LogP contribution >= 0.6 is 0 Å². The van der Waals surface area contributed by atoms with Crippen molar-refractivity contribution in [2.24, 2.45) is 11.8 Å². The molecule has 2 amide bonds. The van der Waals surface area contributed by atoms with Gasteiger partial charge in [-0.3, -0.25) is 14.6 Å². The van der Waals surface area contributed by atoms with Gasteiger partial charge in [0.25, 0.3) is 0 Å². The van der Waals surface area contributed by atoms with Gasteiger partial charge >= 0.3 is 0 Å². The highest BCUT2D eigenvalue weighted by atomic mass is 19.1. The van der Waals surface area contributed by atoms with Crippen LogP contribution in [0, 0.1) is 24.6 Å². The maximum Gasteiger partial charge on any atom is 0.226 e. The van der Waals surface area contributed by atoms with Crippen molar-refractivity contribution in [3.8, 4) is 0 Å². The fraction of sp³-hybridized carbons (Fsp3) is 0.435. The summed E-state index contributed by atoms with van der Waals surface area (Å²) in [4.78, 5) is 31.6. The number of piperidine rings is 1. The molecule has 1 aliphatic carbocycles. The van der Waals surface area contributed by atoms with E-state index in [0.29, 0.717) is 31.5 Å². The van der Waals surface area contributed by atoms with Crippen LogP contribution in [0.25, 0.3) is 0 Å². The summed E-state index contributed by atoms with van der Waals surface area (Å²) in [6.45, 7) is 2.58. The molecule has 2 atom stereocenters. The van der Waals surface area contributed by atoms with Crippen LogP contribution in [-0.2, 0) is 16.1 Å². The third-order valence-corrected chi connectivity index (χ3v) is 5.92. The fourth-order valence-corrected chi connectivity index (χ4v) is 4.05. The quantitative estimate of drug-likeness (QED) is 0.842. The second kappa shape index (κ2) is 8.31. The number of aromatic nitrogens is 1. The predicted octanol–water partition coefficient (Wildman–Crippen LogP) is 3.54. The Morgan fingerprint density at radius 3 is 2.66 bits per heavy atom. The number of hydrogen-bond acceptors (Lipinski definition) is 3. The molecule has 29 heavy (non-hydrogen) atoms. The summed E-state index contributed by atoms with van der Waals surface area (Å²) in [5, 5.41) is 2.98. The Labute approximate surface area is 170 Å². The highest BCUT2D eigenvalue weighted by Gasteiger charge is 2.41. The van der Waals surface area contributed by atoms with E-state index in [9.17, 15) is 14.0 Å². The molecule has 1 N–H and O–H groups in total. The Morgan fingerprint density at radius 1 is 1.17 bits per heavy atom. The molecule has 4 rings (SSSR count). The van der Waals surface area contributed by atoms with Crippen molar-refractivity contribution in [1.82, 2.24) is 15.2 Å². The zero-order valence-electron chi connectivity index (χ0n) is 16.6. The van der Waals surface area contributed by atoms with E-state index < -0.39 is 0 Å². The summed E-state index contributed by atoms with van der Waals surface area (Å²) in [7, 11) is 0. The summed E-state index contributed by atoms with van der Waals surface area (Å²) in [6.07, 6.45) is 6.68. The van der Waals surface area contributed by atoms with Crippen LogP contribution in [0.4, 0.5) is 4.39 Å². The van der Waals surface area contributed by atoms with Crippen molar-refractivity contribution >= 4 is 11.8 Å². The normalized spacial score (nSPS) is 21.7. The number of carbonyl (C=O) groups excluding carboxylic acids is 2. The highest BCUT2D eigenvalue weighted by molar-refractivity contribution is 5.84. The molecule has 1 saturated heterocycles. The lowest BCUT2D eigenvalue weighted by Crippen LogP contribution is -2.47. The second-order valence-electron chi connectivity index (χ2n) is 8.14. The minimum absolute atomic E-state index is 0.0313. The van der Waals surface area contributed by atoms with Gasteiger partial charge in [0.15, 0.2) is 0 Å². The molecule has 6 heteroatoms. The van der Waals surface area contributed by atoms with Gasteiger partial charge in [0.1, 0.15) is 5.82 Å². The first-order chi connectivity index (χ1) is 14.0. The van der Waals surface area contributed by atoms with Gasteiger partial charge < -0.3 is 10.2 Å². The first-order valence-corrected chi connectivity index (χ1v) is 10.3. The molecular weight excluding hydrogens is 369 g/mol. The number of rotatable bonds is 5. The van der Waals surface area contributed by atoms with Crippen LogP contribution in [0.1, 0.15) is 48.4 Å². The van der Waals surface area contributed by atoms with Crippen LogP contribution in [-0.4, -0.2) is 28.2 Å². The van der Waals surface area contributed by atoms with Crippen molar-refractivity contribution < 1.29 is 14.0 Å². The number of aryl methyl sites for hydroxylation is 1. The van der Waals surface area contributed by atoms with E-state index >= 15 is 0 Å². The van der Waals surface area contributed by atoms with Gasteiger partial charge in [-0.15, -0.1) is 0 Å². The molecule has 2 aliphatic rings. The van der Waals surface area contributed by atoms with Crippen LogP contribution in [0.2, 0.25) is 0 Å². The van der Waals surface area contributed by atoms with E-state index in [-0.39, 0.29) is 35.5 Å². The molecule has 2 aromatic rings. The number of likely N-dealkylation sites (tertiary alicyclic amines) is 1. The standard InChI is InChI=1S/C23H26FN3O2/c1-15-11-18(6-8-20(15)24)21-9-7-19(14-27(21)23(29)17-4-5-17)22(28)26-13-16-3-2-10-25-12-16/h2-3,6,8,10-12,17,19,21H,4-5,7,9,13-14H2,1H3,(H,26,28)/t19-,21+/m0/s1. The smallest absolute Gasteiger partial charge is 0.226 e. The van der Waals surface area contributed by atoms with Crippen molar-refractivity contribution in [2.75, 3.05) is 6.54 Å². The number of nitrogens with one attached hydrogen (secondary N) is 1. The topological polar surface area (TPSA) is 62.3 Å². The number of pyridine rings is 1. The summed E-state index contributed by atoms with van der Waals surface area (Å²) >= 11 is 0. The van der Waals surface area contributed by atoms with Crippen LogP contribution in [0.5, 0.6) is 0 Å². The fourth-order valence-electron chi connectivity index (χ4n) is 4.05. The van der Waals surface area contributed by atoms with Gasteiger partial charge in [-0.25, -0.2) is 4.39 Å². The summed E-state index contributed by atoms with van der Waals surface area (Å²) in [5.41, 5.74) is 2.48. The number of amides is 2. The molecule has 5 nitrogen and oxygen atoms in total. The van der Waals surface area contributed by atoms with E-state index in [1.165, 1.54) is 6.07 Å². The lowest BCUT2D eigenvalue weighted by Gasteiger charge is -2.40. The van der Waals surface area contributed by atoms with Gasteiger partial charge in [0, 0.05) is 31.4 Å². The molecule has 152 valence electrons. The summed E-state index contributed by atoms with van der Waals surface area (Å²) in [6, 6.07) is 8.73. The van der Waals surface area contributed by atoms with E-state index in [1.807, 2.05) is 23.1 Å². The molecule has 1 aromatic carbocycles. The molecule has 0 spiro atoms. The Morgan fingerprint density at radius 2 is 1.97 bits per heavy atom. The molecular formula is C23H26FN3O2. The largest absolute Gasteiger partial charge is 0.352 e. The van der Waals surface area contributed by atoms with Crippen molar-refractivity contribution in [2.45, 2.75) is 45.2 Å². The molecule has 0 bridgehead atoms. The average Bonchev–Trinajstić information content (AvgIpc) is 3.59. The van der Waals surface area contributed by atoms with Crippen LogP contribution in [0.3, 0.4) is 0 Å². The molecule has 1 aliphatic heterocycles. The highest BCUT2D eigenvalue weighted by Crippen LogP contribution is 2.39. The maximum absolute atomic E-state index is 13.7. The third kappa shape index (κ3) is 4.47. The zero-order valence-corrected chi connectivity index (χ0v) is 16.6. The Kier molecular flexibility index (Phi) is 5.60. The average molecular weight is 395 g/mol. The lowest BCUT2D eigenvalue weighted by atomic mass is 9.87. The third-order valence-electron chi connectivity index (χ3n) is 5.92. The van der Waals surface area contributed by atoms with E-state index in [1.54, 1.807) is 25.4 Å². The Bertz CT molecular complexity index is 898. The first kappa shape index (κ1) is 19.6. The van der Waals surface area contributed by atoms with E-state index in [2.05, 4.69) is 10.3 Å². The molecule has 1 aromatic heterocycles. The molecule has 0 radical (unpaired) electrons. The van der Waals surface area contributed by atoms with Crippen molar-refractivity contribution in [3.05, 3.63) is 65.2 Å². The number of hydrogen-bond donors (Lipinski definition) is 1. The SMILES string of the molecule is Cc1cc([C@H]2CC[C@H](C(=O)NCc3cccnc3)CN2C(=O)C2CC2)ccc1F. The van der Waals surface area contributed by atoms with Gasteiger partial charge in [-0.2, -0.15) is 0 Å². The number of halogens is 1. The minimum atomic E-state index is -0.239. The number of nitrogens with zero attached hydrogens (tertiary/aromatic N) is 2. The van der Waals surface area contributed by atoms with Gasteiger partial charge in [0.05, 0.1) is 12.0 Å². The molecule has 2 heterocycles. The van der Waals surface area contributed by atoms with Gasteiger partial charge in [-0.1, -0.05) is 18.2 Å². The monoisotopic (exact) mass is 395 g/mol. The van der Waals surface area contributed by atoms with E-state index in [4.69, 9.17) is 0 Å². The van der Waals surface area contributed by atoms with Gasteiger partial charge in [0.2, 0.25) is 11.8 Å². The Balaban J connectivity index is 1.47. The summed E-state index contributed by atoms with van der Waals surface area (Å²) < 4.78 is 13.7. The minimum Gasteiger partial charge on any atom is -0.352 e. The molecule has 1 saturated carbocycles. The summed E-state index contributed by atoms with van der Waals surface area (Å²) in [5.74, 6) is -0.293. The molecule has 2 fully saturated rings. The van der Waals surface area contributed by atoms with Gasteiger partial charge in [-0.05, 0) is 61.4 Å². The first-order valence-electron chi connectivity index (χ1n) is 10.3. The Hall–Kier alpha value is -2.76. The maximum atomic E-state index is 13.7. The molecule has 0 unspecified atom stereocenters. The van der Waals surface area contributed by atoms with Crippen molar-refractivity contribution in [3.63, 3.8) is 0 Å². The zero-order chi connectivity index (χ0) is 20.4. The van der Waals surface area contributed by atoms with E-state index in [0.717, 1.165) is 24.0 Å².